The van der Waals surface area contributed by atoms with Gasteiger partial charge in [-0.1, -0.05) is 18.2 Å². The van der Waals surface area contributed by atoms with Crippen molar-refractivity contribution in [1.82, 2.24) is 9.88 Å². The minimum atomic E-state index is -4.30. The SMILES string of the molecule is FC(F)(F)c1ccc(Cc2cccc(C3CCCN3C3CCOCC3)n2)cc1. The maximum Gasteiger partial charge on any atom is 0.416 e. The van der Waals surface area contributed by atoms with Crippen molar-refractivity contribution >= 4 is 0 Å². The van der Waals surface area contributed by atoms with Crippen LogP contribution in [0.3, 0.4) is 0 Å². The summed E-state index contributed by atoms with van der Waals surface area (Å²) in [5.74, 6) is 0. The van der Waals surface area contributed by atoms with Gasteiger partial charge in [0.25, 0.3) is 0 Å². The summed E-state index contributed by atoms with van der Waals surface area (Å²) in [6.07, 6.45) is 0.660. The molecule has 0 radical (unpaired) electrons. The van der Waals surface area contributed by atoms with Gasteiger partial charge >= 0.3 is 6.18 Å². The molecule has 2 aliphatic heterocycles. The first-order chi connectivity index (χ1) is 13.5. The lowest BCUT2D eigenvalue weighted by Gasteiger charge is -2.35. The van der Waals surface area contributed by atoms with Crippen LogP contribution in [-0.2, 0) is 17.3 Å². The van der Waals surface area contributed by atoms with Crippen molar-refractivity contribution in [2.24, 2.45) is 0 Å². The van der Waals surface area contributed by atoms with Crippen LogP contribution in [0.15, 0.2) is 42.5 Å². The number of nitrogens with zero attached hydrogens (tertiary/aromatic N) is 2. The minimum Gasteiger partial charge on any atom is -0.381 e. The van der Waals surface area contributed by atoms with Crippen LogP contribution in [0, 0.1) is 0 Å². The van der Waals surface area contributed by atoms with E-state index >= 15 is 0 Å². The van der Waals surface area contributed by atoms with Crippen LogP contribution in [0.2, 0.25) is 0 Å². The number of halogens is 3. The molecule has 2 aliphatic rings. The highest BCUT2D eigenvalue weighted by Crippen LogP contribution is 2.35. The zero-order valence-electron chi connectivity index (χ0n) is 15.8. The van der Waals surface area contributed by atoms with E-state index in [1.807, 2.05) is 12.1 Å². The molecule has 28 heavy (non-hydrogen) atoms. The second-order valence-corrected chi connectivity index (χ2v) is 7.66. The Bertz CT molecular complexity index is 785. The van der Waals surface area contributed by atoms with Gasteiger partial charge in [0.05, 0.1) is 17.3 Å². The zero-order chi connectivity index (χ0) is 19.6. The summed E-state index contributed by atoms with van der Waals surface area (Å²) < 4.78 is 43.7. The molecule has 6 heteroatoms. The van der Waals surface area contributed by atoms with E-state index in [2.05, 4.69) is 11.0 Å². The molecule has 0 spiro atoms. The molecule has 0 bridgehead atoms. The summed E-state index contributed by atoms with van der Waals surface area (Å²) in [6.45, 7) is 2.75. The fourth-order valence-electron chi connectivity index (χ4n) is 4.36. The van der Waals surface area contributed by atoms with Crippen molar-refractivity contribution in [2.45, 2.75) is 50.4 Å². The first-order valence-electron chi connectivity index (χ1n) is 9.96. The second-order valence-electron chi connectivity index (χ2n) is 7.66. The first-order valence-corrected chi connectivity index (χ1v) is 9.96. The van der Waals surface area contributed by atoms with Gasteiger partial charge in [-0.25, -0.2) is 0 Å². The number of pyridine rings is 1. The molecule has 2 saturated heterocycles. The lowest BCUT2D eigenvalue weighted by molar-refractivity contribution is -0.137. The molecule has 1 atom stereocenters. The van der Waals surface area contributed by atoms with Crippen molar-refractivity contribution in [3.8, 4) is 0 Å². The van der Waals surface area contributed by atoms with E-state index in [0.717, 1.165) is 68.1 Å². The van der Waals surface area contributed by atoms with Gasteiger partial charge < -0.3 is 4.74 Å². The van der Waals surface area contributed by atoms with E-state index in [4.69, 9.17) is 9.72 Å². The van der Waals surface area contributed by atoms with Crippen molar-refractivity contribution in [2.75, 3.05) is 19.8 Å². The Kier molecular flexibility index (Phi) is 5.69. The predicted molar refractivity (Wildman–Crippen MR) is 101 cm³/mol. The van der Waals surface area contributed by atoms with Crippen LogP contribution in [0.25, 0.3) is 0 Å². The lowest BCUT2D eigenvalue weighted by Crippen LogP contribution is -2.39. The molecule has 1 aromatic carbocycles. The Morgan fingerprint density at radius 1 is 1.00 bits per heavy atom. The maximum absolute atomic E-state index is 12.7. The Morgan fingerprint density at radius 3 is 2.46 bits per heavy atom. The molecule has 4 rings (SSSR count). The average Bonchev–Trinajstić information content (AvgIpc) is 3.19. The Morgan fingerprint density at radius 2 is 1.75 bits per heavy atom. The highest BCUT2D eigenvalue weighted by molar-refractivity contribution is 5.28. The van der Waals surface area contributed by atoms with Crippen LogP contribution in [0.4, 0.5) is 13.2 Å². The number of ether oxygens (including phenoxy) is 1. The van der Waals surface area contributed by atoms with Gasteiger partial charge in [-0.2, -0.15) is 13.2 Å². The van der Waals surface area contributed by atoms with Gasteiger partial charge in [0.15, 0.2) is 0 Å². The highest BCUT2D eigenvalue weighted by Gasteiger charge is 2.33. The molecule has 150 valence electrons. The highest BCUT2D eigenvalue weighted by atomic mass is 19.4. The number of hydrogen-bond acceptors (Lipinski definition) is 3. The summed E-state index contributed by atoms with van der Waals surface area (Å²) in [6, 6.07) is 12.3. The monoisotopic (exact) mass is 390 g/mol. The molecule has 2 fully saturated rings. The number of alkyl halides is 3. The molecular formula is C22H25F3N2O. The number of benzene rings is 1. The number of hydrogen-bond donors (Lipinski definition) is 0. The molecule has 0 aliphatic carbocycles. The van der Waals surface area contributed by atoms with Crippen LogP contribution in [-0.4, -0.2) is 35.7 Å². The molecule has 0 saturated carbocycles. The Hall–Kier alpha value is -1.92. The average molecular weight is 390 g/mol. The fourth-order valence-corrected chi connectivity index (χ4v) is 4.36. The van der Waals surface area contributed by atoms with E-state index in [0.29, 0.717) is 18.5 Å². The molecule has 3 heterocycles. The van der Waals surface area contributed by atoms with Crippen LogP contribution in [0.5, 0.6) is 0 Å². The van der Waals surface area contributed by atoms with Gasteiger partial charge in [-0.15, -0.1) is 0 Å². The van der Waals surface area contributed by atoms with Gasteiger partial charge in [0.2, 0.25) is 0 Å². The van der Waals surface area contributed by atoms with E-state index in [1.54, 1.807) is 12.1 Å². The largest absolute Gasteiger partial charge is 0.416 e. The van der Waals surface area contributed by atoms with E-state index in [-0.39, 0.29) is 0 Å². The van der Waals surface area contributed by atoms with E-state index < -0.39 is 11.7 Å². The van der Waals surface area contributed by atoms with Gasteiger partial charge in [0, 0.05) is 31.4 Å². The van der Waals surface area contributed by atoms with Crippen LogP contribution in [0.1, 0.15) is 54.2 Å². The fraction of sp³-hybridized carbons (Fsp3) is 0.500. The molecule has 0 amide bonds. The van der Waals surface area contributed by atoms with Crippen LogP contribution < -0.4 is 0 Å². The number of likely N-dealkylation sites (tertiary alicyclic amines) is 1. The minimum absolute atomic E-state index is 0.329. The molecule has 2 aromatic rings. The van der Waals surface area contributed by atoms with Gasteiger partial charge in [-0.05, 0) is 62.1 Å². The smallest absolute Gasteiger partial charge is 0.381 e. The van der Waals surface area contributed by atoms with Crippen molar-refractivity contribution in [3.05, 3.63) is 65.0 Å². The van der Waals surface area contributed by atoms with Crippen molar-refractivity contribution in [1.29, 1.82) is 0 Å². The Balaban J connectivity index is 1.48. The summed E-state index contributed by atoms with van der Waals surface area (Å²) in [5, 5.41) is 0. The van der Waals surface area contributed by atoms with Crippen molar-refractivity contribution < 1.29 is 17.9 Å². The van der Waals surface area contributed by atoms with Gasteiger partial charge in [0.1, 0.15) is 0 Å². The normalized spacial score (nSPS) is 21.9. The molecule has 1 unspecified atom stereocenters. The third kappa shape index (κ3) is 4.39. The third-order valence-corrected chi connectivity index (χ3v) is 5.79. The first kappa shape index (κ1) is 19.4. The summed E-state index contributed by atoms with van der Waals surface area (Å²) in [4.78, 5) is 7.45. The summed E-state index contributed by atoms with van der Waals surface area (Å²) >= 11 is 0. The van der Waals surface area contributed by atoms with Crippen LogP contribution >= 0.6 is 0 Å². The van der Waals surface area contributed by atoms with E-state index in [9.17, 15) is 13.2 Å². The van der Waals surface area contributed by atoms with Crippen molar-refractivity contribution in [3.63, 3.8) is 0 Å². The topological polar surface area (TPSA) is 25.4 Å². The summed E-state index contributed by atoms with van der Waals surface area (Å²) in [7, 11) is 0. The van der Waals surface area contributed by atoms with Gasteiger partial charge in [-0.3, -0.25) is 9.88 Å². The standard InChI is InChI=1S/C22H25F3N2O/c23-22(24,25)17-8-6-16(7-9-17)15-18-3-1-4-20(26-18)21-5-2-12-27(21)19-10-13-28-14-11-19/h1,3-4,6-9,19,21H,2,5,10-15H2. The zero-order valence-corrected chi connectivity index (χ0v) is 15.8. The van der Waals surface area contributed by atoms with E-state index in [1.165, 1.54) is 6.42 Å². The number of rotatable bonds is 4. The molecule has 3 nitrogen and oxygen atoms in total. The Labute approximate surface area is 163 Å². The molecule has 1 aromatic heterocycles. The summed E-state index contributed by atoms with van der Waals surface area (Å²) in [5.41, 5.74) is 2.20. The maximum atomic E-state index is 12.7. The third-order valence-electron chi connectivity index (χ3n) is 5.79. The quantitative estimate of drug-likeness (QED) is 0.734. The second kappa shape index (κ2) is 8.21. The predicted octanol–water partition coefficient (Wildman–Crippen LogP) is 5.01. The molecule has 0 N–H and O–H groups in total. The molecular weight excluding hydrogens is 365 g/mol. The number of aromatic nitrogens is 1. The lowest BCUT2D eigenvalue weighted by atomic mass is 10.0.